The molecule has 1 aliphatic heterocycles. The molecule has 2 aromatic carbocycles. The quantitative estimate of drug-likeness (QED) is 0.818. The molecule has 1 N–H and O–H groups in total. The highest BCUT2D eigenvalue weighted by atomic mass is 35.5. The molecule has 3 rings (SSSR count). The maximum absolute atomic E-state index is 13.1. The van der Waals surface area contributed by atoms with Crippen molar-refractivity contribution in [1.29, 1.82) is 0 Å². The lowest BCUT2D eigenvalue weighted by molar-refractivity contribution is -0.135. The monoisotopic (exact) mass is 386 g/mol. The Morgan fingerprint density at radius 1 is 1.26 bits per heavy atom. The second-order valence-corrected chi connectivity index (χ2v) is 6.69. The van der Waals surface area contributed by atoms with Crippen molar-refractivity contribution in [2.45, 2.75) is 26.0 Å². The first kappa shape index (κ1) is 19.1. The SMILES string of the molecule is CCOC(=O)C1=NN(C(=O)c2cccc(C)c2)C(O)(c2ccc(Cl)cc2)C1. The molecule has 0 aromatic heterocycles. The van der Waals surface area contributed by atoms with Crippen LogP contribution in [0.5, 0.6) is 0 Å². The van der Waals surface area contributed by atoms with E-state index in [1.165, 1.54) is 0 Å². The fraction of sp³-hybridized carbons (Fsp3) is 0.250. The summed E-state index contributed by atoms with van der Waals surface area (Å²) < 4.78 is 4.99. The summed E-state index contributed by atoms with van der Waals surface area (Å²) in [6.07, 6.45) is -0.176. The third-order valence-corrected chi connectivity index (χ3v) is 4.51. The molecule has 1 heterocycles. The third kappa shape index (κ3) is 3.72. The van der Waals surface area contributed by atoms with Gasteiger partial charge in [-0.1, -0.05) is 41.4 Å². The molecule has 0 bridgehead atoms. The molecule has 6 nitrogen and oxygen atoms in total. The second kappa shape index (κ2) is 7.50. The van der Waals surface area contributed by atoms with Gasteiger partial charge in [-0.05, 0) is 38.1 Å². The zero-order valence-electron chi connectivity index (χ0n) is 15.0. The van der Waals surface area contributed by atoms with Crippen LogP contribution in [0.1, 0.15) is 34.8 Å². The summed E-state index contributed by atoms with van der Waals surface area (Å²) in [4.78, 5) is 25.2. The van der Waals surface area contributed by atoms with Gasteiger partial charge in [0.2, 0.25) is 0 Å². The van der Waals surface area contributed by atoms with E-state index >= 15 is 0 Å². The van der Waals surface area contributed by atoms with Gasteiger partial charge in [-0.2, -0.15) is 10.1 Å². The normalized spacial score (nSPS) is 19.0. The number of hydrogen-bond acceptors (Lipinski definition) is 5. The molecule has 0 saturated heterocycles. The van der Waals surface area contributed by atoms with E-state index < -0.39 is 17.6 Å². The highest BCUT2D eigenvalue weighted by molar-refractivity contribution is 6.37. The molecule has 1 atom stereocenters. The lowest BCUT2D eigenvalue weighted by Gasteiger charge is -2.31. The van der Waals surface area contributed by atoms with Crippen LogP contribution in [0.15, 0.2) is 53.6 Å². The molecule has 0 spiro atoms. The Hall–Kier alpha value is -2.70. The van der Waals surface area contributed by atoms with Gasteiger partial charge in [0, 0.05) is 16.1 Å². The summed E-state index contributed by atoms with van der Waals surface area (Å²) in [5.74, 6) is -1.18. The Morgan fingerprint density at radius 3 is 2.59 bits per heavy atom. The molecule has 140 valence electrons. The van der Waals surface area contributed by atoms with Crippen LogP contribution < -0.4 is 0 Å². The number of aryl methyl sites for hydroxylation is 1. The van der Waals surface area contributed by atoms with Crippen LogP contribution in [0.3, 0.4) is 0 Å². The number of carbonyl (C=O) groups excluding carboxylic acids is 2. The lowest BCUT2D eigenvalue weighted by atomic mass is 9.96. The number of amides is 1. The van der Waals surface area contributed by atoms with E-state index in [-0.39, 0.29) is 18.7 Å². The van der Waals surface area contributed by atoms with Gasteiger partial charge in [-0.25, -0.2) is 4.79 Å². The standard InChI is InChI=1S/C20H19ClN2O4/c1-3-27-19(25)17-12-20(26,15-7-9-16(21)10-8-15)23(22-17)18(24)14-6-4-5-13(2)11-14/h4-11,26H,3,12H2,1-2H3. The first-order valence-electron chi connectivity index (χ1n) is 8.49. The van der Waals surface area contributed by atoms with E-state index in [0.29, 0.717) is 16.1 Å². The van der Waals surface area contributed by atoms with Crippen molar-refractivity contribution in [3.63, 3.8) is 0 Å². The van der Waals surface area contributed by atoms with Crippen LogP contribution in [0.2, 0.25) is 5.02 Å². The summed E-state index contributed by atoms with van der Waals surface area (Å²) in [5.41, 5.74) is -0.180. The Morgan fingerprint density at radius 2 is 1.96 bits per heavy atom. The molecule has 1 aliphatic rings. The third-order valence-electron chi connectivity index (χ3n) is 4.26. The van der Waals surface area contributed by atoms with Crippen molar-refractivity contribution in [3.8, 4) is 0 Å². The molecule has 7 heteroatoms. The molecule has 0 aliphatic carbocycles. The lowest BCUT2D eigenvalue weighted by Crippen LogP contribution is -2.43. The Kier molecular flexibility index (Phi) is 5.30. The minimum absolute atomic E-state index is 0.0182. The molecule has 1 amide bonds. The summed E-state index contributed by atoms with van der Waals surface area (Å²) in [7, 11) is 0. The largest absolute Gasteiger partial charge is 0.461 e. The van der Waals surface area contributed by atoms with Gasteiger partial charge in [0.05, 0.1) is 13.0 Å². The number of rotatable bonds is 4. The predicted molar refractivity (Wildman–Crippen MR) is 101 cm³/mol. The molecule has 0 saturated carbocycles. The van der Waals surface area contributed by atoms with E-state index in [1.54, 1.807) is 49.4 Å². The van der Waals surface area contributed by atoms with E-state index in [9.17, 15) is 14.7 Å². The van der Waals surface area contributed by atoms with Crippen molar-refractivity contribution >= 4 is 29.2 Å². The number of hydrazone groups is 1. The molecule has 2 aromatic rings. The first-order valence-corrected chi connectivity index (χ1v) is 8.87. The van der Waals surface area contributed by atoms with Gasteiger partial charge in [0.25, 0.3) is 5.91 Å². The smallest absolute Gasteiger partial charge is 0.354 e. The number of carbonyl (C=O) groups is 2. The van der Waals surface area contributed by atoms with Gasteiger partial charge in [0.1, 0.15) is 0 Å². The summed E-state index contributed by atoms with van der Waals surface area (Å²) >= 11 is 5.93. The van der Waals surface area contributed by atoms with Crippen LogP contribution in [-0.4, -0.2) is 34.3 Å². The number of esters is 1. The highest BCUT2D eigenvalue weighted by Crippen LogP contribution is 2.37. The summed E-state index contributed by atoms with van der Waals surface area (Å²) in [5, 5.41) is 16.9. The van der Waals surface area contributed by atoms with Crippen LogP contribution in [0.25, 0.3) is 0 Å². The van der Waals surface area contributed by atoms with Crippen molar-refractivity contribution in [3.05, 3.63) is 70.2 Å². The molecular formula is C20H19ClN2O4. The van der Waals surface area contributed by atoms with Gasteiger partial charge >= 0.3 is 5.97 Å². The van der Waals surface area contributed by atoms with Crippen LogP contribution in [-0.2, 0) is 15.3 Å². The number of ether oxygens (including phenoxy) is 1. The molecular weight excluding hydrogens is 368 g/mol. The first-order chi connectivity index (χ1) is 12.8. The van der Waals surface area contributed by atoms with Gasteiger partial charge in [-0.3, -0.25) is 4.79 Å². The van der Waals surface area contributed by atoms with Crippen LogP contribution >= 0.6 is 11.6 Å². The average molecular weight is 387 g/mol. The molecule has 27 heavy (non-hydrogen) atoms. The van der Waals surface area contributed by atoms with Crippen molar-refractivity contribution in [1.82, 2.24) is 5.01 Å². The molecule has 0 fully saturated rings. The average Bonchev–Trinajstić information content (AvgIpc) is 3.00. The van der Waals surface area contributed by atoms with E-state index in [0.717, 1.165) is 10.6 Å². The highest BCUT2D eigenvalue weighted by Gasteiger charge is 2.48. The van der Waals surface area contributed by atoms with Crippen LogP contribution in [0.4, 0.5) is 0 Å². The van der Waals surface area contributed by atoms with Crippen LogP contribution in [0, 0.1) is 6.92 Å². The summed E-state index contributed by atoms with van der Waals surface area (Å²) in [6.45, 7) is 3.71. The molecule has 1 unspecified atom stereocenters. The zero-order chi connectivity index (χ0) is 19.6. The van der Waals surface area contributed by atoms with Gasteiger partial charge < -0.3 is 9.84 Å². The Bertz CT molecular complexity index is 910. The summed E-state index contributed by atoms with van der Waals surface area (Å²) in [6, 6.07) is 13.3. The fourth-order valence-electron chi connectivity index (χ4n) is 2.93. The Labute approximate surface area is 162 Å². The van der Waals surface area contributed by atoms with E-state index in [4.69, 9.17) is 16.3 Å². The predicted octanol–water partition coefficient (Wildman–Crippen LogP) is 3.26. The maximum Gasteiger partial charge on any atom is 0.354 e. The zero-order valence-corrected chi connectivity index (χ0v) is 15.7. The maximum atomic E-state index is 13.1. The number of benzene rings is 2. The topological polar surface area (TPSA) is 79.2 Å². The van der Waals surface area contributed by atoms with Gasteiger partial charge in [-0.15, -0.1) is 0 Å². The fourth-order valence-corrected chi connectivity index (χ4v) is 3.06. The molecule has 0 radical (unpaired) electrons. The van der Waals surface area contributed by atoms with Crippen molar-refractivity contribution in [2.24, 2.45) is 5.10 Å². The second-order valence-electron chi connectivity index (χ2n) is 6.25. The number of halogens is 1. The minimum atomic E-state index is -1.81. The van der Waals surface area contributed by atoms with Crippen molar-refractivity contribution < 1.29 is 19.4 Å². The van der Waals surface area contributed by atoms with Gasteiger partial charge in [0.15, 0.2) is 11.4 Å². The van der Waals surface area contributed by atoms with E-state index in [2.05, 4.69) is 5.10 Å². The number of nitrogens with zero attached hydrogens (tertiary/aromatic N) is 2. The Balaban J connectivity index is 2.04. The van der Waals surface area contributed by atoms with E-state index in [1.807, 2.05) is 13.0 Å². The van der Waals surface area contributed by atoms with Crippen molar-refractivity contribution in [2.75, 3.05) is 6.61 Å². The number of hydrogen-bond donors (Lipinski definition) is 1. The minimum Gasteiger partial charge on any atom is -0.461 e. The number of aliphatic hydroxyl groups is 1.